The molecule has 94 valence electrons. The van der Waals surface area contributed by atoms with Gasteiger partial charge in [-0.05, 0) is 37.9 Å². The molecule has 2 rings (SSSR count). The van der Waals surface area contributed by atoms with Gasteiger partial charge in [-0.3, -0.25) is 0 Å². The Balaban J connectivity index is 2.39. The van der Waals surface area contributed by atoms with Crippen molar-refractivity contribution in [1.82, 2.24) is 5.32 Å². The zero-order chi connectivity index (χ0) is 12.4. The van der Waals surface area contributed by atoms with E-state index in [1.54, 1.807) is 0 Å². The molecule has 1 aliphatic rings. The molecule has 2 atom stereocenters. The second kappa shape index (κ2) is 5.09. The minimum Gasteiger partial charge on any atom is -0.493 e. The van der Waals surface area contributed by atoms with Crippen LogP contribution in [-0.2, 0) is 0 Å². The first kappa shape index (κ1) is 12.4. The van der Waals surface area contributed by atoms with Crippen LogP contribution >= 0.6 is 0 Å². The molecule has 17 heavy (non-hydrogen) atoms. The van der Waals surface area contributed by atoms with Crippen molar-refractivity contribution >= 4 is 0 Å². The Hall–Kier alpha value is -1.02. The lowest BCUT2D eigenvalue weighted by atomic mass is 9.87. The van der Waals surface area contributed by atoms with E-state index in [2.05, 4.69) is 45.1 Å². The van der Waals surface area contributed by atoms with Crippen LogP contribution in [-0.4, -0.2) is 13.2 Å². The lowest BCUT2D eigenvalue weighted by Gasteiger charge is -2.34. The maximum absolute atomic E-state index is 5.92. The van der Waals surface area contributed by atoms with E-state index in [0.717, 1.165) is 18.9 Å². The molecule has 0 amide bonds. The molecular formula is C15H23NO. The first-order valence-corrected chi connectivity index (χ1v) is 6.61. The minimum absolute atomic E-state index is 0.443. The standard InChI is InChI=1S/C15H23NO/c1-5-8-16-14-12(4)9-17-15-11(3)7-6-10(2)13(14)15/h6-7,12,14,16H,5,8-9H2,1-4H3. The van der Waals surface area contributed by atoms with Crippen molar-refractivity contribution in [2.24, 2.45) is 5.92 Å². The Morgan fingerprint density at radius 2 is 2.00 bits per heavy atom. The Kier molecular flexibility index (Phi) is 3.72. The molecular weight excluding hydrogens is 210 g/mol. The topological polar surface area (TPSA) is 21.3 Å². The quantitative estimate of drug-likeness (QED) is 0.864. The van der Waals surface area contributed by atoms with Crippen LogP contribution in [0.4, 0.5) is 0 Å². The monoisotopic (exact) mass is 233 g/mol. The average molecular weight is 233 g/mol. The summed E-state index contributed by atoms with van der Waals surface area (Å²) in [5, 5.41) is 3.67. The van der Waals surface area contributed by atoms with Crippen LogP contribution in [0.15, 0.2) is 12.1 Å². The van der Waals surface area contributed by atoms with Crippen LogP contribution in [0.1, 0.15) is 43.0 Å². The summed E-state index contributed by atoms with van der Waals surface area (Å²) in [5.74, 6) is 1.64. The SMILES string of the molecule is CCCNC1c2c(C)ccc(C)c2OCC1C. The third kappa shape index (κ3) is 2.32. The second-order valence-corrected chi connectivity index (χ2v) is 5.16. The third-order valence-electron chi connectivity index (χ3n) is 3.60. The van der Waals surface area contributed by atoms with Crippen LogP contribution in [0, 0.1) is 19.8 Å². The van der Waals surface area contributed by atoms with Gasteiger partial charge in [0.1, 0.15) is 5.75 Å². The van der Waals surface area contributed by atoms with Gasteiger partial charge >= 0.3 is 0 Å². The van der Waals surface area contributed by atoms with Gasteiger partial charge in [-0.15, -0.1) is 0 Å². The van der Waals surface area contributed by atoms with Crippen molar-refractivity contribution in [1.29, 1.82) is 0 Å². The van der Waals surface area contributed by atoms with Gasteiger partial charge in [-0.25, -0.2) is 0 Å². The van der Waals surface area contributed by atoms with Crippen molar-refractivity contribution in [2.45, 2.75) is 40.2 Å². The highest BCUT2D eigenvalue weighted by atomic mass is 16.5. The van der Waals surface area contributed by atoms with Gasteiger partial charge in [0.05, 0.1) is 6.61 Å². The molecule has 0 aliphatic carbocycles. The number of benzene rings is 1. The minimum atomic E-state index is 0.443. The molecule has 0 radical (unpaired) electrons. The van der Waals surface area contributed by atoms with Gasteiger partial charge in [-0.2, -0.15) is 0 Å². The summed E-state index contributed by atoms with van der Waals surface area (Å²) in [6.07, 6.45) is 1.17. The van der Waals surface area contributed by atoms with Gasteiger partial charge < -0.3 is 10.1 Å². The van der Waals surface area contributed by atoms with Gasteiger partial charge in [0.25, 0.3) is 0 Å². The van der Waals surface area contributed by atoms with Crippen molar-refractivity contribution in [3.8, 4) is 5.75 Å². The molecule has 2 unspecified atom stereocenters. The average Bonchev–Trinajstić information content (AvgIpc) is 2.32. The molecule has 1 aromatic carbocycles. The molecule has 0 saturated carbocycles. The summed E-state index contributed by atoms with van der Waals surface area (Å²) >= 11 is 0. The fourth-order valence-corrected chi connectivity index (χ4v) is 2.58. The molecule has 2 nitrogen and oxygen atoms in total. The molecule has 0 spiro atoms. The lowest BCUT2D eigenvalue weighted by Crippen LogP contribution is -2.35. The number of nitrogens with one attached hydrogen (secondary N) is 1. The van der Waals surface area contributed by atoms with E-state index in [1.165, 1.54) is 23.1 Å². The molecule has 0 fully saturated rings. The van der Waals surface area contributed by atoms with Gasteiger partial charge in [-0.1, -0.05) is 26.0 Å². The Bertz CT molecular complexity index is 400. The number of ether oxygens (including phenoxy) is 1. The van der Waals surface area contributed by atoms with Crippen molar-refractivity contribution < 1.29 is 4.74 Å². The first-order valence-electron chi connectivity index (χ1n) is 6.61. The summed E-state index contributed by atoms with van der Waals surface area (Å²) < 4.78 is 5.92. The van der Waals surface area contributed by atoms with Crippen molar-refractivity contribution in [2.75, 3.05) is 13.2 Å². The summed E-state index contributed by atoms with van der Waals surface area (Å²) in [4.78, 5) is 0. The fraction of sp³-hybridized carbons (Fsp3) is 0.600. The van der Waals surface area contributed by atoms with E-state index in [0.29, 0.717) is 12.0 Å². The summed E-state index contributed by atoms with van der Waals surface area (Å²) in [7, 11) is 0. The van der Waals surface area contributed by atoms with Crippen LogP contribution < -0.4 is 10.1 Å². The van der Waals surface area contributed by atoms with Crippen LogP contribution in [0.5, 0.6) is 5.75 Å². The first-order chi connectivity index (χ1) is 8.15. The van der Waals surface area contributed by atoms with E-state index in [-0.39, 0.29) is 0 Å². The van der Waals surface area contributed by atoms with Gasteiger partial charge in [0.2, 0.25) is 0 Å². The van der Waals surface area contributed by atoms with Gasteiger partial charge in [0.15, 0.2) is 0 Å². The van der Waals surface area contributed by atoms with Crippen LogP contribution in [0.2, 0.25) is 0 Å². The number of hydrogen-bond donors (Lipinski definition) is 1. The number of aryl methyl sites for hydroxylation is 2. The predicted molar refractivity (Wildman–Crippen MR) is 71.6 cm³/mol. The maximum atomic E-state index is 5.92. The van der Waals surface area contributed by atoms with Crippen molar-refractivity contribution in [3.63, 3.8) is 0 Å². The highest BCUT2D eigenvalue weighted by molar-refractivity contribution is 5.48. The number of fused-ring (bicyclic) bond motifs is 1. The van der Waals surface area contributed by atoms with E-state index in [9.17, 15) is 0 Å². The summed E-state index contributed by atoms with van der Waals surface area (Å²) in [6, 6.07) is 4.80. The third-order valence-corrected chi connectivity index (χ3v) is 3.60. The highest BCUT2D eigenvalue weighted by Crippen LogP contribution is 2.39. The molecule has 1 N–H and O–H groups in total. The molecule has 0 saturated heterocycles. The molecule has 2 heteroatoms. The molecule has 1 aromatic rings. The van der Waals surface area contributed by atoms with E-state index >= 15 is 0 Å². The zero-order valence-electron chi connectivity index (χ0n) is 11.3. The number of rotatable bonds is 3. The lowest BCUT2D eigenvalue weighted by molar-refractivity contribution is 0.187. The predicted octanol–water partition coefficient (Wildman–Crippen LogP) is 3.37. The number of hydrogen-bond acceptors (Lipinski definition) is 2. The normalized spacial score (nSPS) is 23.1. The van der Waals surface area contributed by atoms with E-state index < -0.39 is 0 Å². The van der Waals surface area contributed by atoms with Crippen LogP contribution in [0.25, 0.3) is 0 Å². The summed E-state index contributed by atoms with van der Waals surface area (Å²) in [5.41, 5.74) is 3.96. The second-order valence-electron chi connectivity index (χ2n) is 5.16. The maximum Gasteiger partial charge on any atom is 0.127 e. The fourth-order valence-electron chi connectivity index (χ4n) is 2.58. The summed E-state index contributed by atoms with van der Waals surface area (Å²) in [6.45, 7) is 10.7. The Labute approximate surface area is 104 Å². The van der Waals surface area contributed by atoms with Crippen LogP contribution in [0.3, 0.4) is 0 Å². The Morgan fingerprint density at radius 1 is 1.29 bits per heavy atom. The molecule has 0 aromatic heterocycles. The van der Waals surface area contributed by atoms with E-state index in [4.69, 9.17) is 4.74 Å². The van der Waals surface area contributed by atoms with E-state index in [1.807, 2.05) is 0 Å². The molecule has 1 heterocycles. The zero-order valence-corrected chi connectivity index (χ0v) is 11.3. The smallest absolute Gasteiger partial charge is 0.127 e. The largest absolute Gasteiger partial charge is 0.493 e. The van der Waals surface area contributed by atoms with Gasteiger partial charge in [0, 0.05) is 17.5 Å². The molecule has 1 aliphatic heterocycles. The Morgan fingerprint density at radius 3 is 2.71 bits per heavy atom. The van der Waals surface area contributed by atoms with Crippen molar-refractivity contribution in [3.05, 3.63) is 28.8 Å². The molecule has 0 bridgehead atoms. The highest BCUT2D eigenvalue weighted by Gasteiger charge is 2.29.